The molecular formula is C51H44N2. The molecule has 0 amide bonds. The first-order valence-electron chi connectivity index (χ1n) is 18.9. The molecule has 0 aromatic heterocycles. The summed E-state index contributed by atoms with van der Waals surface area (Å²) in [4.78, 5) is 4.96. The molecule has 0 saturated carbocycles. The Hall–Kier alpha value is -5.86. The van der Waals surface area contributed by atoms with Gasteiger partial charge in [-0.15, -0.1) is 0 Å². The zero-order valence-corrected chi connectivity index (χ0v) is 31.4. The van der Waals surface area contributed by atoms with Gasteiger partial charge in [0.1, 0.15) is 0 Å². The van der Waals surface area contributed by atoms with E-state index < -0.39 is 0 Å². The first-order chi connectivity index (χ1) is 25.6. The molecule has 7 aromatic rings. The summed E-state index contributed by atoms with van der Waals surface area (Å²) in [7, 11) is 0. The highest BCUT2D eigenvalue weighted by Crippen LogP contribution is 2.56. The second kappa shape index (κ2) is 11.1. The Balaban J connectivity index is 1.21. The van der Waals surface area contributed by atoms with E-state index in [9.17, 15) is 0 Å². The van der Waals surface area contributed by atoms with Crippen molar-refractivity contribution in [1.29, 1.82) is 0 Å². The molecule has 1 heterocycles. The number of anilines is 6. The lowest BCUT2D eigenvalue weighted by Crippen LogP contribution is -2.30. The van der Waals surface area contributed by atoms with Crippen LogP contribution in [-0.2, 0) is 16.2 Å². The molecule has 2 heteroatoms. The number of benzene rings is 7. The zero-order chi connectivity index (χ0) is 36.3. The van der Waals surface area contributed by atoms with Crippen molar-refractivity contribution in [2.75, 3.05) is 9.80 Å². The lowest BCUT2D eigenvalue weighted by atomic mass is 9.73. The van der Waals surface area contributed by atoms with Gasteiger partial charge in [0.15, 0.2) is 0 Å². The van der Waals surface area contributed by atoms with Gasteiger partial charge in [-0.25, -0.2) is 0 Å². The number of hydrogen-bond donors (Lipinski definition) is 0. The van der Waals surface area contributed by atoms with Crippen molar-refractivity contribution < 1.29 is 0 Å². The maximum absolute atomic E-state index is 2.50. The van der Waals surface area contributed by atoms with Crippen molar-refractivity contribution >= 4 is 34.1 Å². The summed E-state index contributed by atoms with van der Waals surface area (Å²) in [6.07, 6.45) is 0. The van der Waals surface area contributed by atoms with E-state index in [4.69, 9.17) is 0 Å². The maximum Gasteiger partial charge on any atom is 0.0523 e. The van der Waals surface area contributed by atoms with Crippen molar-refractivity contribution in [2.45, 2.75) is 57.8 Å². The van der Waals surface area contributed by atoms with E-state index in [1.807, 2.05) is 0 Å². The maximum atomic E-state index is 2.50. The molecule has 0 unspecified atom stereocenters. The van der Waals surface area contributed by atoms with Crippen LogP contribution in [0, 0.1) is 0 Å². The van der Waals surface area contributed by atoms with E-state index in [-0.39, 0.29) is 16.2 Å². The van der Waals surface area contributed by atoms with Gasteiger partial charge in [-0.3, -0.25) is 0 Å². The molecule has 0 saturated heterocycles. The highest BCUT2D eigenvalue weighted by atomic mass is 15.2. The van der Waals surface area contributed by atoms with Crippen LogP contribution in [0.3, 0.4) is 0 Å². The van der Waals surface area contributed by atoms with Gasteiger partial charge in [0.2, 0.25) is 0 Å². The Morgan fingerprint density at radius 2 is 0.755 bits per heavy atom. The minimum atomic E-state index is -0.173. The van der Waals surface area contributed by atoms with Crippen molar-refractivity contribution in [3.8, 4) is 22.3 Å². The van der Waals surface area contributed by atoms with Gasteiger partial charge in [-0.2, -0.15) is 0 Å². The highest BCUT2D eigenvalue weighted by molar-refractivity contribution is 5.92. The molecule has 0 radical (unpaired) electrons. The Labute approximate surface area is 314 Å². The third-order valence-corrected chi connectivity index (χ3v) is 12.6. The molecule has 2 aliphatic carbocycles. The van der Waals surface area contributed by atoms with Gasteiger partial charge in [0.05, 0.1) is 11.4 Å². The third kappa shape index (κ3) is 4.45. The predicted octanol–water partition coefficient (Wildman–Crippen LogP) is 13.9. The first-order valence-corrected chi connectivity index (χ1v) is 18.9. The largest absolute Gasteiger partial charge is 0.310 e. The van der Waals surface area contributed by atoms with Crippen LogP contribution in [0.1, 0.15) is 74.9 Å². The quantitative estimate of drug-likeness (QED) is 0.182. The fourth-order valence-electron chi connectivity index (χ4n) is 9.81. The van der Waals surface area contributed by atoms with E-state index in [2.05, 4.69) is 209 Å². The van der Waals surface area contributed by atoms with Gasteiger partial charge in [-0.05, 0) is 110 Å². The molecule has 258 valence electrons. The van der Waals surface area contributed by atoms with Gasteiger partial charge in [0, 0.05) is 39.0 Å². The van der Waals surface area contributed by atoms with Crippen LogP contribution >= 0.6 is 0 Å². The normalized spacial score (nSPS) is 16.2. The minimum Gasteiger partial charge on any atom is -0.310 e. The second-order valence-electron chi connectivity index (χ2n) is 16.7. The summed E-state index contributed by atoms with van der Waals surface area (Å²) < 4.78 is 0. The van der Waals surface area contributed by atoms with Crippen LogP contribution in [0.4, 0.5) is 34.1 Å². The molecule has 0 N–H and O–H groups in total. The fourth-order valence-corrected chi connectivity index (χ4v) is 9.81. The fraction of sp³-hybridized carbons (Fsp3) is 0.176. The van der Waals surface area contributed by atoms with Crippen molar-refractivity contribution in [3.63, 3.8) is 0 Å². The van der Waals surface area contributed by atoms with E-state index >= 15 is 0 Å². The van der Waals surface area contributed by atoms with Crippen LogP contribution < -0.4 is 9.80 Å². The lowest BCUT2D eigenvalue weighted by Gasteiger charge is -2.42. The van der Waals surface area contributed by atoms with Crippen LogP contribution in [-0.4, -0.2) is 0 Å². The van der Waals surface area contributed by atoms with Crippen molar-refractivity contribution in [1.82, 2.24) is 0 Å². The Morgan fingerprint density at radius 1 is 0.340 bits per heavy atom. The third-order valence-electron chi connectivity index (χ3n) is 12.6. The van der Waals surface area contributed by atoms with Gasteiger partial charge in [0.25, 0.3) is 0 Å². The van der Waals surface area contributed by atoms with E-state index in [0.29, 0.717) is 0 Å². The van der Waals surface area contributed by atoms with Gasteiger partial charge >= 0.3 is 0 Å². The molecule has 7 aromatic carbocycles. The molecule has 1 aliphatic heterocycles. The summed E-state index contributed by atoms with van der Waals surface area (Å²) >= 11 is 0. The summed E-state index contributed by atoms with van der Waals surface area (Å²) in [5.74, 6) is 0. The van der Waals surface area contributed by atoms with Crippen LogP contribution in [0.15, 0.2) is 158 Å². The Bertz CT molecular complexity index is 2500. The number of fused-ring (bicyclic) bond motifs is 8. The number of rotatable bonds is 4. The second-order valence-corrected chi connectivity index (χ2v) is 16.7. The monoisotopic (exact) mass is 684 g/mol. The Morgan fingerprint density at radius 3 is 1.34 bits per heavy atom. The molecule has 2 nitrogen and oxygen atoms in total. The van der Waals surface area contributed by atoms with Gasteiger partial charge in [-0.1, -0.05) is 145 Å². The van der Waals surface area contributed by atoms with Crippen molar-refractivity contribution in [2.24, 2.45) is 0 Å². The molecule has 10 rings (SSSR count). The van der Waals surface area contributed by atoms with Crippen molar-refractivity contribution in [3.05, 3.63) is 191 Å². The topological polar surface area (TPSA) is 6.48 Å². The standard InChI is InChI=1S/C51H44N2/c1-49(2)41-20-12-10-18-37(41)39-27-24-34(30-45(39)49)52(35-25-28-40-38-19-11-13-21-42(38)50(3,4)46(40)31-35)36-26-29-44-48(32-36)53(33-16-8-7-9-17-33)47-23-15-14-22-43(47)51(44,5)6/h7-32H,1-6H3. The molecule has 0 spiro atoms. The lowest BCUT2D eigenvalue weighted by molar-refractivity contribution is 0.632. The van der Waals surface area contributed by atoms with E-state index in [0.717, 1.165) is 11.4 Å². The first kappa shape index (κ1) is 31.8. The average molecular weight is 685 g/mol. The summed E-state index contributed by atoms with van der Waals surface area (Å²) in [5.41, 5.74) is 20.2. The predicted molar refractivity (Wildman–Crippen MR) is 223 cm³/mol. The van der Waals surface area contributed by atoms with E-state index in [1.54, 1.807) is 0 Å². The molecule has 0 fully saturated rings. The zero-order valence-electron chi connectivity index (χ0n) is 31.4. The molecule has 3 aliphatic rings. The molecule has 53 heavy (non-hydrogen) atoms. The number of para-hydroxylation sites is 2. The summed E-state index contributed by atoms with van der Waals surface area (Å²) in [6.45, 7) is 14.2. The summed E-state index contributed by atoms with van der Waals surface area (Å²) in [6, 6.07) is 59.0. The van der Waals surface area contributed by atoms with Crippen LogP contribution in [0.2, 0.25) is 0 Å². The minimum absolute atomic E-state index is 0.108. The van der Waals surface area contributed by atoms with Crippen LogP contribution in [0.5, 0.6) is 0 Å². The molecule has 0 atom stereocenters. The Kier molecular flexibility index (Phi) is 6.65. The van der Waals surface area contributed by atoms with E-state index in [1.165, 1.54) is 78.4 Å². The summed E-state index contributed by atoms with van der Waals surface area (Å²) in [5, 5.41) is 0. The average Bonchev–Trinajstić information content (AvgIpc) is 3.55. The number of nitrogens with zero attached hydrogens (tertiary/aromatic N) is 2. The smallest absolute Gasteiger partial charge is 0.0523 e. The highest BCUT2D eigenvalue weighted by Gasteiger charge is 2.40. The van der Waals surface area contributed by atoms with Gasteiger partial charge < -0.3 is 9.80 Å². The SMILES string of the molecule is CC1(C)c2ccccc2-c2ccc(N(c3ccc4c(c3)N(c3ccccc3)c3ccccc3C4(C)C)c3ccc4c(c3)C(C)(C)c3ccccc3-4)cc21. The number of hydrogen-bond acceptors (Lipinski definition) is 2. The molecule has 0 bridgehead atoms. The molecular weight excluding hydrogens is 641 g/mol. The van der Waals surface area contributed by atoms with Crippen LogP contribution in [0.25, 0.3) is 22.3 Å².